The van der Waals surface area contributed by atoms with Gasteiger partial charge in [0.15, 0.2) is 11.6 Å². The number of rotatable bonds is 22. The number of unbranched alkanes of at least 4 members (excludes halogenated alkanes) is 8. The Balaban J connectivity index is 1.07. The fourth-order valence-electron chi connectivity index (χ4n) is 6.20. The molecular formula is C50H52N2O6. The maximum Gasteiger partial charge on any atom is 0.343 e. The smallest absolute Gasteiger partial charge is 0.343 e. The summed E-state index contributed by atoms with van der Waals surface area (Å²) in [4.78, 5) is 59.6. The summed E-state index contributed by atoms with van der Waals surface area (Å²) in [7, 11) is 0. The molecule has 0 N–H and O–H groups in total. The van der Waals surface area contributed by atoms with Crippen LogP contribution in [-0.2, 0) is 0 Å². The van der Waals surface area contributed by atoms with E-state index in [4.69, 9.17) is 9.47 Å². The van der Waals surface area contributed by atoms with Crippen molar-refractivity contribution in [3.05, 3.63) is 155 Å². The summed E-state index contributed by atoms with van der Waals surface area (Å²) in [5, 5.41) is 0. The average Bonchev–Trinajstić information content (AvgIpc) is 3.25. The van der Waals surface area contributed by atoms with Crippen molar-refractivity contribution >= 4 is 47.3 Å². The van der Waals surface area contributed by atoms with Crippen molar-refractivity contribution in [2.75, 3.05) is 0 Å². The first kappa shape index (κ1) is 42.9. The minimum Gasteiger partial charge on any atom is -0.423 e. The number of Topliss-reactive ketones (excluding diaryl/α,β-unsaturated/α-hetero) is 2. The summed E-state index contributed by atoms with van der Waals surface area (Å²) >= 11 is 0. The van der Waals surface area contributed by atoms with Gasteiger partial charge in [0.25, 0.3) is 0 Å². The van der Waals surface area contributed by atoms with Gasteiger partial charge in [-0.05, 0) is 127 Å². The SMILES string of the molecule is CCCCCCCC(=O)c1ccc(OC(=O)c2ccc(N=Cc3cccc(C=Nc4ccc(C(=O)Oc5ccc(C(=O)CCCCCCC)cc5)cc4)c3)cc2)cc1. The second kappa shape index (κ2) is 23.1. The Morgan fingerprint density at radius 2 is 0.810 bits per heavy atom. The molecule has 0 amide bonds. The van der Waals surface area contributed by atoms with E-state index in [0.29, 0.717) is 58.0 Å². The van der Waals surface area contributed by atoms with Gasteiger partial charge in [-0.2, -0.15) is 0 Å². The van der Waals surface area contributed by atoms with Crippen LogP contribution in [0.25, 0.3) is 0 Å². The van der Waals surface area contributed by atoms with Crippen LogP contribution in [0.5, 0.6) is 11.5 Å². The Hall–Kier alpha value is -6.28. The van der Waals surface area contributed by atoms with Gasteiger partial charge in [0.2, 0.25) is 0 Å². The molecule has 8 nitrogen and oxygen atoms in total. The van der Waals surface area contributed by atoms with E-state index in [2.05, 4.69) is 23.8 Å². The highest BCUT2D eigenvalue weighted by Crippen LogP contribution is 2.21. The summed E-state index contributed by atoms with van der Waals surface area (Å²) in [6, 6.07) is 34.8. The molecule has 0 saturated heterocycles. The largest absolute Gasteiger partial charge is 0.423 e. The second-order valence-electron chi connectivity index (χ2n) is 14.3. The van der Waals surface area contributed by atoms with Gasteiger partial charge in [-0.15, -0.1) is 0 Å². The lowest BCUT2D eigenvalue weighted by atomic mass is 10.0. The molecule has 0 atom stereocenters. The molecule has 0 aliphatic heterocycles. The van der Waals surface area contributed by atoms with Crippen molar-refractivity contribution in [2.45, 2.75) is 90.9 Å². The number of hydrogen-bond acceptors (Lipinski definition) is 8. The van der Waals surface area contributed by atoms with Gasteiger partial charge in [-0.1, -0.05) is 83.4 Å². The molecule has 0 aliphatic carbocycles. The maximum absolute atomic E-state index is 12.8. The molecule has 0 aromatic heterocycles. The molecule has 5 aromatic rings. The highest BCUT2D eigenvalue weighted by Gasteiger charge is 2.12. The lowest BCUT2D eigenvalue weighted by molar-refractivity contribution is 0.0725. The molecule has 0 saturated carbocycles. The second-order valence-corrected chi connectivity index (χ2v) is 14.3. The first-order chi connectivity index (χ1) is 28.3. The topological polar surface area (TPSA) is 111 Å². The van der Waals surface area contributed by atoms with E-state index in [1.807, 2.05) is 24.3 Å². The van der Waals surface area contributed by atoms with Gasteiger partial charge in [0, 0.05) is 36.4 Å². The Morgan fingerprint density at radius 3 is 1.19 bits per heavy atom. The van der Waals surface area contributed by atoms with Gasteiger partial charge < -0.3 is 9.47 Å². The van der Waals surface area contributed by atoms with Crippen LogP contribution in [0.3, 0.4) is 0 Å². The van der Waals surface area contributed by atoms with Crippen molar-refractivity contribution < 1.29 is 28.7 Å². The zero-order chi connectivity index (χ0) is 41.0. The number of ketones is 2. The van der Waals surface area contributed by atoms with Crippen LogP contribution in [0.15, 0.2) is 131 Å². The van der Waals surface area contributed by atoms with Gasteiger partial charge in [0.1, 0.15) is 11.5 Å². The summed E-state index contributed by atoms with van der Waals surface area (Å²) in [5.74, 6) is -0.0241. The molecule has 0 aliphatic rings. The third kappa shape index (κ3) is 14.0. The first-order valence-corrected chi connectivity index (χ1v) is 20.4. The Labute approximate surface area is 342 Å². The number of ether oxygens (including phenoxy) is 2. The van der Waals surface area contributed by atoms with Crippen molar-refractivity contribution in [1.82, 2.24) is 0 Å². The van der Waals surface area contributed by atoms with Crippen LogP contribution in [0.4, 0.5) is 11.4 Å². The predicted octanol–water partition coefficient (Wildman–Crippen LogP) is 12.7. The molecule has 0 radical (unpaired) electrons. The molecular weight excluding hydrogens is 725 g/mol. The molecule has 58 heavy (non-hydrogen) atoms. The van der Waals surface area contributed by atoms with Crippen molar-refractivity contribution in [3.8, 4) is 11.5 Å². The third-order valence-corrected chi connectivity index (χ3v) is 9.63. The number of esters is 2. The van der Waals surface area contributed by atoms with Crippen LogP contribution >= 0.6 is 0 Å². The van der Waals surface area contributed by atoms with Crippen LogP contribution in [0.2, 0.25) is 0 Å². The Bertz CT molecular complexity index is 2000. The highest BCUT2D eigenvalue weighted by molar-refractivity contribution is 5.97. The van der Waals surface area contributed by atoms with E-state index in [-0.39, 0.29) is 11.6 Å². The molecule has 0 unspecified atom stereocenters. The maximum atomic E-state index is 12.8. The zero-order valence-corrected chi connectivity index (χ0v) is 33.5. The zero-order valence-electron chi connectivity index (χ0n) is 33.5. The molecule has 5 rings (SSSR count). The molecule has 8 heteroatoms. The number of hydrogen-bond donors (Lipinski definition) is 0. The number of carbonyl (C=O) groups is 4. The van der Waals surface area contributed by atoms with Gasteiger partial charge >= 0.3 is 11.9 Å². The lowest BCUT2D eigenvalue weighted by Crippen LogP contribution is -2.08. The molecule has 0 heterocycles. The molecule has 5 aromatic carbocycles. The van der Waals surface area contributed by atoms with E-state index >= 15 is 0 Å². The highest BCUT2D eigenvalue weighted by atomic mass is 16.5. The molecule has 0 spiro atoms. The van der Waals surface area contributed by atoms with E-state index < -0.39 is 11.9 Å². The number of nitrogens with zero attached hydrogens (tertiary/aromatic N) is 2. The van der Waals surface area contributed by atoms with Gasteiger partial charge in [-0.3, -0.25) is 19.6 Å². The predicted molar refractivity (Wildman–Crippen MR) is 232 cm³/mol. The quantitative estimate of drug-likeness (QED) is 0.0227. The fraction of sp³-hybridized carbons (Fsp3) is 0.280. The summed E-state index contributed by atoms with van der Waals surface area (Å²) in [5.41, 5.74) is 5.09. The molecule has 0 bridgehead atoms. The third-order valence-electron chi connectivity index (χ3n) is 9.63. The summed E-state index contributed by atoms with van der Waals surface area (Å²) in [6.07, 6.45) is 15.5. The van der Waals surface area contributed by atoms with Crippen molar-refractivity contribution in [2.24, 2.45) is 9.98 Å². The standard InChI is InChI=1S/C50H52N2O6/c1-3-5-7-9-11-16-47(53)39-22-30-45(31-23-39)57-49(55)41-18-26-43(27-19-41)51-35-37-14-13-15-38(34-37)36-52-44-28-20-42(21-29-44)50(56)58-46-32-24-40(25-33-46)48(54)17-12-10-8-6-4-2/h13-15,18-36H,3-12,16-17H2,1-2H3. The van der Waals surface area contributed by atoms with Crippen LogP contribution in [0, 0.1) is 0 Å². The lowest BCUT2D eigenvalue weighted by Gasteiger charge is -2.06. The van der Waals surface area contributed by atoms with Crippen LogP contribution in [-0.4, -0.2) is 35.9 Å². The summed E-state index contributed by atoms with van der Waals surface area (Å²) < 4.78 is 11.1. The van der Waals surface area contributed by atoms with E-state index in [1.165, 1.54) is 25.7 Å². The van der Waals surface area contributed by atoms with Gasteiger partial charge in [0.05, 0.1) is 22.5 Å². The Kier molecular flexibility index (Phi) is 17.0. The molecule has 0 fully saturated rings. The van der Waals surface area contributed by atoms with Gasteiger partial charge in [-0.25, -0.2) is 9.59 Å². The van der Waals surface area contributed by atoms with Crippen molar-refractivity contribution in [1.29, 1.82) is 0 Å². The van der Waals surface area contributed by atoms with E-state index in [1.54, 1.807) is 109 Å². The van der Waals surface area contributed by atoms with Crippen molar-refractivity contribution in [3.63, 3.8) is 0 Å². The minimum absolute atomic E-state index is 0.104. The monoisotopic (exact) mass is 776 g/mol. The number of benzene rings is 5. The van der Waals surface area contributed by atoms with Crippen LogP contribution < -0.4 is 9.47 Å². The molecule has 298 valence electrons. The number of carbonyl (C=O) groups excluding carboxylic acids is 4. The van der Waals surface area contributed by atoms with E-state index in [0.717, 1.165) is 49.7 Å². The number of aliphatic imine (C=N–C) groups is 2. The normalized spacial score (nSPS) is 11.2. The summed E-state index contributed by atoms with van der Waals surface area (Å²) in [6.45, 7) is 4.34. The minimum atomic E-state index is -0.494. The Morgan fingerprint density at radius 1 is 0.448 bits per heavy atom. The first-order valence-electron chi connectivity index (χ1n) is 20.4. The average molecular weight is 777 g/mol. The van der Waals surface area contributed by atoms with E-state index in [9.17, 15) is 19.2 Å². The van der Waals surface area contributed by atoms with Crippen LogP contribution in [0.1, 0.15) is 143 Å². The fourth-order valence-corrected chi connectivity index (χ4v) is 6.20.